The van der Waals surface area contributed by atoms with E-state index in [0.29, 0.717) is 5.92 Å². The molecule has 120 valence electrons. The third-order valence-corrected chi connectivity index (χ3v) is 4.68. The number of amides is 2. The van der Waals surface area contributed by atoms with Crippen LogP contribution in [-0.4, -0.2) is 29.7 Å². The van der Waals surface area contributed by atoms with E-state index >= 15 is 0 Å². The average Bonchev–Trinajstić information content (AvgIpc) is 3.21. The van der Waals surface area contributed by atoms with E-state index in [9.17, 15) is 9.59 Å². The lowest BCUT2D eigenvalue weighted by Gasteiger charge is -2.30. The van der Waals surface area contributed by atoms with E-state index in [2.05, 4.69) is 10.6 Å². The maximum atomic E-state index is 12.1. The first kappa shape index (κ1) is 16.1. The number of aliphatic carboxylic acids is 1. The Balaban J connectivity index is 1.79. The fraction of sp³-hybridized carbons (Fsp3) is 0.875. The van der Waals surface area contributed by atoms with Crippen molar-refractivity contribution in [3.63, 3.8) is 0 Å². The maximum absolute atomic E-state index is 12.1. The molecule has 0 aromatic rings. The van der Waals surface area contributed by atoms with Gasteiger partial charge in [0.1, 0.15) is 0 Å². The molecule has 0 bridgehead atoms. The normalized spacial score (nSPS) is 20.2. The molecule has 21 heavy (non-hydrogen) atoms. The van der Waals surface area contributed by atoms with Gasteiger partial charge < -0.3 is 15.7 Å². The zero-order chi connectivity index (χ0) is 15.6. The van der Waals surface area contributed by atoms with E-state index in [1.807, 2.05) is 20.8 Å². The topological polar surface area (TPSA) is 78.4 Å². The van der Waals surface area contributed by atoms with Crippen molar-refractivity contribution in [2.75, 3.05) is 6.54 Å². The number of urea groups is 1. The van der Waals surface area contributed by atoms with Gasteiger partial charge in [-0.25, -0.2) is 4.79 Å². The highest BCUT2D eigenvalue weighted by Gasteiger charge is 2.41. The number of hydrogen-bond acceptors (Lipinski definition) is 2. The number of nitrogens with one attached hydrogen (secondary N) is 2. The van der Waals surface area contributed by atoms with Crippen LogP contribution >= 0.6 is 0 Å². The molecule has 3 N–H and O–H groups in total. The lowest BCUT2D eigenvalue weighted by atomic mass is 9.85. The Morgan fingerprint density at radius 3 is 2.05 bits per heavy atom. The van der Waals surface area contributed by atoms with Crippen molar-refractivity contribution in [1.82, 2.24) is 10.6 Å². The molecule has 2 rings (SSSR count). The number of rotatable bonds is 7. The first-order chi connectivity index (χ1) is 9.77. The summed E-state index contributed by atoms with van der Waals surface area (Å²) in [5.74, 6) is 1.35. The van der Waals surface area contributed by atoms with Crippen molar-refractivity contribution in [1.29, 1.82) is 0 Å². The maximum Gasteiger partial charge on any atom is 0.315 e. The molecule has 0 heterocycles. The fourth-order valence-electron chi connectivity index (χ4n) is 2.94. The van der Waals surface area contributed by atoms with Crippen LogP contribution in [0.3, 0.4) is 0 Å². The zero-order valence-corrected chi connectivity index (χ0v) is 13.3. The second-order valence-corrected chi connectivity index (χ2v) is 7.71. The fourth-order valence-corrected chi connectivity index (χ4v) is 2.94. The van der Waals surface area contributed by atoms with E-state index in [0.717, 1.165) is 18.4 Å². The van der Waals surface area contributed by atoms with Crippen LogP contribution in [0.5, 0.6) is 0 Å². The van der Waals surface area contributed by atoms with Crippen molar-refractivity contribution in [3.05, 3.63) is 0 Å². The van der Waals surface area contributed by atoms with Gasteiger partial charge in [0, 0.05) is 12.6 Å². The Labute approximate surface area is 126 Å². The van der Waals surface area contributed by atoms with Crippen LogP contribution < -0.4 is 10.6 Å². The second-order valence-electron chi connectivity index (χ2n) is 7.71. The highest BCUT2D eigenvalue weighted by molar-refractivity contribution is 5.75. The molecule has 5 nitrogen and oxygen atoms in total. The van der Waals surface area contributed by atoms with Crippen molar-refractivity contribution < 1.29 is 14.7 Å². The van der Waals surface area contributed by atoms with E-state index in [-0.39, 0.29) is 23.9 Å². The Hall–Kier alpha value is -1.26. The number of hydrogen-bond donors (Lipinski definition) is 3. The largest absolute Gasteiger partial charge is 0.481 e. The van der Waals surface area contributed by atoms with E-state index < -0.39 is 5.97 Å². The predicted molar refractivity (Wildman–Crippen MR) is 81.0 cm³/mol. The smallest absolute Gasteiger partial charge is 0.315 e. The summed E-state index contributed by atoms with van der Waals surface area (Å²) in [5, 5.41) is 14.8. The van der Waals surface area contributed by atoms with Crippen molar-refractivity contribution in [2.45, 2.75) is 58.9 Å². The molecule has 2 fully saturated rings. The minimum Gasteiger partial charge on any atom is -0.481 e. The SMILES string of the molecule is CC(C)(C)C(CC(=O)O)NC(=O)NCC(C1CC1)C1CC1. The highest BCUT2D eigenvalue weighted by atomic mass is 16.4. The third-order valence-electron chi connectivity index (χ3n) is 4.68. The number of carboxylic acids is 1. The van der Waals surface area contributed by atoms with Crippen LogP contribution in [0.2, 0.25) is 0 Å². The summed E-state index contributed by atoms with van der Waals surface area (Å²) in [7, 11) is 0. The minimum atomic E-state index is -0.885. The first-order valence-corrected chi connectivity index (χ1v) is 8.03. The minimum absolute atomic E-state index is 0.0500. The summed E-state index contributed by atoms with van der Waals surface area (Å²) < 4.78 is 0. The molecule has 2 saturated carbocycles. The van der Waals surface area contributed by atoms with Gasteiger partial charge in [0.15, 0.2) is 0 Å². The van der Waals surface area contributed by atoms with Gasteiger partial charge in [-0.1, -0.05) is 20.8 Å². The summed E-state index contributed by atoms with van der Waals surface area (Å²) in [6.45, 7) is 6.55. The van der Waals surface area contributed by atoms with Crippen LogP contribution in [0, 0.1) is 23.2 Å². The molecule has 2 amide bonds. The van der Waals surface area contributed by atoms with Crippen LogP contribution in [0.15, 0.2) is 0 Å². The van der Waals surface area contributed by atoms with Gasteiger partial charge in [0.25, 0.3) is 0 Å². The van der Waals surface area contributed by atoms with E-state index in [4.69, 9.17) is 5.11 Å². The van der Waals surface area contributed by atoms with Gasteiger partial charge in [0.2, 0.25) is 0 Å². The number of carbonyl (C=O) groups is 2. The molecule has 1 unspecified atom stereocenters. The molecule has 0 aromatic heterocycles. The molecule has 2 aliphatic carbocycles. The van der Waals surface area contributed by atoms with Crippen LogP contribution in [0.4, 0.5) is 4.79 Å². The average molecular weight is 296 g/mol. The van der Waals surface area contributed by atoms with Gasteiger partial charge in [-0.2, -0.15) is 0 Å². The molecule has 0 aliphatic heterocycles. The number of carbonyl (C=O) groups excluding carboxylic acids is 1. The standard InChI is InChI=1S/C16H28N2O3/c1-16(2,3)13(8-14(19)20)18-15(21)17-9-12(10-4-5-10)11-6-7-11/h10-13H,4-9H2,1-3H3,(H,19,20)(H2,17,18,21). The quantitative estimate of drug-likeness (QED) is 0.675. The highest BCUT2D eigenvalue weighted by Crippen LogP contribution is 2.48. The molecular weight excluding hydrogens is 268 g/mol. The van der Waals surface area contributed by atoms with Gasteiger partial charge in [0.05, 0.1) is 6.42 Å². The van der Waals surface area contributed by atoms with Gasteiger partial charge in [-0.15, -0.1) is 0 Å². The summed E-state index contributed by atoms with van der Waals surface area (Å²) >= 11 is 0. The zero-order valence-electron chi connectivity index (χ0n) is 13.3. The van der Waals surface area contributed by atoms with E-state index in [1.54, 1.807) is 0 Å². The van der Waals surface area contributed by atoms with Gasteiger partial charge in [-0.05, 0) is 48.9 Å². The monoisotopic (exact) mass is 296 g/mol. The summed E-state index contributed by atoms with van der Waals surface area (Å²) in [6, 6.07) is -0.599. The lowest BCUT2D eigenvalue weighted by molar-refractivity contribution is -0.138. The Bertz CT molecular complexity index is 383. The molecule has 1 atom stereocenters. The molecular formula is C16H28N2O3. The first-order valence-electron chi connectivity index (χ1n) is 8.03. The summed E-state index contributed by atoms with van der Waals surface area (Å²) in [6.07, 6.45) is 5.15. The molecule has 2 aliphatic rings. The molecule has 0 saturated heterocycles. The second kappa shape index (κ2) is 6.24. The predicted octanol–water partition coefficient (Wildman–Crippen LogP) is 2.61. The Kier molecular flexibility index (Phi) is 4.79. The van der Waals surface area contributed by atoms with Gasteiger partial charge >= 0.3 is 12.0 Å². The van der Waals surface area contributed by atoms with Crippen LogP contribution in [-0.2, 0) is 4.79 Å². The summed E-state index contributed by atoms with van der Waals surface area (Å²) in [5.41, 5.74) is -0.276. The third kappa shape index (κ3) is 5.21. The number of carboxylic acid groups (broad SMARTS) is 1. The molecule has 5 heteroatoms. The van der Waals surface area contributed by atoms with Crippen LogP contribution in [0.25, 0.3) is 0 Å². The summed E-state index contributed by atoms with van der Waals surface area (Å²) in [4.78, 5) is 23.0. The van der Waals surface area contributed by atoms with Crippen molar-refractivity contribution in [2.24, 2.45) is 23.2 Å². The Morgan fingerprint density at radius 1 is 1.14 bits per heavy atom. The van der Waals surface area contributed by atoms with Crippen molar-refractivity contribution in [3.8, 4) is 0 Å². The Morgan fingerprint density at radius 2 is 1.67 bits per heavy atom. The molecule has 0 aromatic carbocycles. The van der Waals surface area contributed by atoms with Crippen LogP contribution in [0.1, 0.15) is 52.9 Å². The van der Waals surface area contributed by atoms with Crippen molar-refractivity contribution >= 4 is 12.0 Å². The van der Waals surface area contributed by atoms with Gasteiger partial charge in [-0.3, -0.25) is 4.79 Å². The molecule has 0 spiro atoms. The lowest BCUT2D eigenvalue weighted by Crippen LogP contribution is -2.49. The van der Waals surface area contributed by atoms with E-state index in [1.165, 1.54) is 25.7 Å². The molecule has 0 radical (unpaired) electrons.